The van der Waals surface area contributed by atoms with Crippen molar-refractivity contribution in [1.29, 1.82) is 5.26 Å². The Bertz CT molecular complexity index is 1040. The summed E-state index contributed by atoms with van der Waals surface area (Å²) in [5, 5.41) is 10.4. The van der Waals surface area contributed by atoms with Gasteiger partial charge in [-0.1, -0.05) is 0 Å². The van der Waals surface area contributed by atoms with Gasteiger partial charge in [-0.2, -0.15) is 5.26 Å². The molecule has 2 atom stereocenters. The molecule has 3 aromatic rings. The Balaban J connectivity index is 1.40. The lowest BCUT2D eigenvalue weighted by molar-refractivity contribution is 0.533. The normalized spacial score (nSPS) is 21.5. The minimum Gasteiger partial charge on any atom is -0.355 e. The quantitative estimate of drug-likeness (QED) is 0.695. The second-order valence-electron chi connectivity index (χ2n) is 7.30. The summed E-state index contributed by atoms with van der Waals surface area (Å²) < 4.78 is 0. The van der Waals surface area contributed by atoms with Gasteiger partial charge in [0.15, 0.2) is 0 Å². The summed E-state index contributed by atoms with van der Waals surface area (Å²) in [6, 6.07) is 7.92. The molecule has 3 aromatic heterocycles. The van der Waals surface area contributed by atoms with E-state index in [0.29, 0.717) is 17.4 Å². The van der Waals surface area contributed by atoms with E-state index in [2.05, 4.69) is 30.8 Å². The molecule has 0 saturated carbocycles. The molecular formula is C20H19N7. The molecule has 0 aliphatic carbocycles. The van der Waals surface area contributed by atoms with E-state index in [9.17, 15) is 5.26 Å². The third kappa shape index (κ3) is 2.65. The van der Waals surface area contributed by atoms with Crippen molar-refractivity contribution in [2.24, 2.45) is 11.8 Å². The number of anilines is 2. The van der Waals surface area contributed by atoms with Gasteiger partial charge >= 0.3 is 0 Å². The van der Waals surface area contributed by atoms with E-state index in [4.69, 9.17) is 4.98 Å². The summed E-state index contributed by atoms with van der Waals surface area (Å²) in [5.41, 5.74) is 1.55. The third-order valence-electron chi connectivity index (χ3n) is 5.58. The van der Waals surface area contributed by atoms with E-state index in [0.717, 1.165) is 54.5 Å². The molecule has 0 amide bonds. The summed E-state index contributed by atoms with van der Waals surface area (Å²) in [5.74, 6) is 3.69. The van der Waals surface area contributed by atoms with Gasteiger partial charge in [0.1, 0.15) is 23.5 Å². The molecule has 2 aliphatic rings. The molecule has 0 spiro atoms. The van der Waals surface area contributed by atoms with Crippen molar-refractivity contribution in [2.45, 2.75) is 6.92 Å². The van der Waals surface area contributed by atoms with Crippen LogP contribution in [0, 0.1) is 30.1 Å². The van der Waals surface area contributed by atoms with Crippen molar-refractivity contribution in [3.63, 3.8) is 0 Å². The number of pyridine rings is 2. The van der Waals surface area contributed by atoms with E-state index < -0.39 is 0 Å². The molecule has 5 rings (SSSR count). The molecule has 27 heavy (non-hydrogen) atoms. The van der Waals surface area contributed by atoms with Gasteiger partial charge in [-0.05, 0) is 25.1 Å². The molecule has 2 unspecified atom stereocenters. The smallest absolute Gasteiger partial charge is 0.146 e. The zero-order chi connectivity index (χ0) is 18.4. The first kappa shape index (κ1) is 15.9. The summed E-state index contributed by atoms with van der Waals surface area (Å²) in [7, 11) is 0. The van der Waals surface area contributed by atoms with Crippen LogP contribution in [-0.2, 0) is 0 Å². The lowest BCUT2D eigenvalue weighted by Crippen LogP contribution is -2.30. The van der Waals surface area contributed by atoms with Gasteiger partial charge in [-0.15, -0.1) is 0 Å². The number of nitriles is 1. The van der Waals surface area contributed by atoms with Crippen LogP contribution in [0.3, 0.4) is 0 Å². The number of nitrogens with zero attached hydrogens (tertiary/aromatic N) is 7. The Morgan fingerprint density at radius 1 is 1.00 bits per heavy atom. The monoisotopic (exact) mass is 357 g/mol. The summed E-state index contributed by atoms with van der Waals surface area (Å²) in [6.45, 7) is 5.71. The topological polar surface area (TPSA) is 81.8 Å². The highest BCUT2D eigenvalue weighted by Gasteiger charge is 2.41. The molecular weight excluding hydrogens is 338 g/mol. The third-order valence-corrected chi connectivity index (χ3v) is 5.58. The maximum Gasteiger partial charge on any atom is 0.146 e. The van der Waals surface area contributed by atoms with Crippen molar-refractivity contribution in [1.82, 2.24) is 19.9 Å². The number of hydrogen-bond acceptors (Lipinski definition) is 7. The molecule has 2 saturated heterocycles. The molecule has 7 nitrogen and oxygen atoms in total. The summed E-state index contributed by atoms with van der Waals surface area (Å²) in [4.78, 5) is 22.5. The Kier molecular flexibility index (Phi) is 3.64. The second kappa shape index (κ2) is 6.16. The van der Waals surface area contributed by atoms with E-state index >= 15 is 0 Å². The molecule has 134 valence electrons. The summed E-state index contributed by atoms with van der Waals surface area (Å²) >= 11 is 0. The fourth-order valence-electron chi connectivity index (χ4n) is 4.39. The van der Waals surface area contributed by atoms with Gasteiger partial charge in [0.2, 0.25) is 0 Å². The standard InChI is InChI=1S/C20H19N7/c1-13-24-18-8-22-6-4-17(18)20(25-13)27-11-15-9-26(10-16(15)12-27)19-14(7-21)3-2-5-23-19/h2-6,8,15-16H,9-12H2,1H3. The van der Waals surface area contributed by atoms with Crippen LogP contribution in [0.1, 0.15) is 11.4 Å². The molecule has 2 aliphatic heterocycles. The molecule has 2 fully saturated rings. The van der Waals surface area contributed by atoms with Crippen molar-refractivity contribution < 1.29 is 0 Å². The second-order valence-corrected chi connectivity index (χ2v) is 7.30. The molecule has 0 N–H and O–H groups in total. The first-order chi connectivity index (χ1) is 13.2. The highest BCUT2D eigenvalue weighted by atomic mass is 15.3. The average molecular weight is 357 g/mol. The predicted octanol–water partition coefficient (Wildman–Crippen LogP) is 2.17. The van der Waals surface area contributed by atoms with Crippen LogP contribution in [0.4, 0.5) is 11.6 Å². The van der Waals surface area contributed by atoms with Crippen LogP contribution in [-0.4, -0.2) is 46.1 Å². The Hall–Kier alpha value is -3.27. The summed E-state index contributed by atoms with van der Waals surface area (Å²) in [6.07, 6.45) is 5.37. The molecule has 0 radical (unpaired) electrons. The molecule has 7 heteroatoms. The number of aryl methyl sites for hydroxylation is 1. The van der Waals surface area contributed by atoms with Gasteiger partial charge in [0.05, 0.1) is 17.3 Å². The fourth-order valence-corrected chi connectivity index (χ4v) is 4.39. The first-order valence-electron chi connectivity index (χ1n) is 9.16. The van der Waals surface area contributed by atoms with Gasteiger partial charge in [0, 0.05) is 55.8 Å². The van der Waals surface area contributed by atoms with Gasteiger partial charge < -0.3 is 9.80 Å². The minimum atomic E-state index is 0.547. The van der Waals surface area contributed by atoms with Crippen LogP contribution in [0.25, 0.3) is 10.9 Å². The SMILES string of the molecule is Cc1nc(N2CC3CN(c4ncccc4C#N)CC3C2)c2ccncc2n1. The number of rotatable bonds is 2. The zero-order valence-corrected chi connectivity index (χ0v) is 15.1. The van der Waals surface area contributed by atoms with Crippen molar-refractivity contribution in [3.8, 4) is 6.07 Å². The minimum absolute atomic E-state index is 0.547. The van der Waals surface area contributed by atoms with Crippen LogP contribution in [0.5, 0.6) is 0 Å². The maximum atomic E-state index is 9.35. The van der Waals surface area contributed by atoms with Crippen LogP contribution >= 0.6 is 0 Å². The Labute approximate surface area is 157 Å². The lowest BCUT2D eigenvalue weighted by Gasteiger charge is -2.24. The van der Waals surface area contributed by atoms with Gasteiger partial charge in [-0.3, -0.25) is 4.98 Å². The van der Waals surface area contributed by atoms with Crippen molar-refractivity contribution in [2.75, 3.05) is 36.0 Å². The van der Waals surface area contributed by atoms with E-state index in [-0.39, 0.29) is 0 Å². The number of hydrogen-bond donors (Lipinski definition) is 0. The lowest BCUT2D eigenvalue weighted by atomic mass is 10.0. The highest BCUT2D eigenvalue weighted by Crippen LogP contribution is 2.37. The number of fused-ring (bicyclic) bond motifs is 2. The number of aromatic nitrogens is 4. The average Bonchev–Trinajstić information content (AvgIpc) is 3.26. The van der Waals surface area contributed by atoms with Crippen LogP contribution in [0.15, 0.2) is 36.8 Å². The van der Waals surface area contributed by atoms with E-state index in [1.807, 2.05) is 25.1 Å². The highest BCUT2D eigenvalue weighted by molar-refractivity contribution is 5.89. The van der Waals surface area contributed by atoms with E-state index in [1.165, 1.54) is 0 Å². The van der Waals surface area contributed by atoms with Gasteiger partial charge in [0.25, 0.3) is 0 Å². The van der Waals surface area contributed by atoms with Crippen molar-refractivity contribution in [3.05, 3.63) is 48.2 Å². The van der Waals surface area contributed by atoms with E-state index in [1.54, 1.807) is 18.6 Å². The largest absolute Gasteiger partial charge is 0.355 e. The Morgan fingerprint density at radius 3 is 2.48 bits per heavy atom. The van der Waals surface area contributed by atoms with Crippen LogP contribution < -0.4 is 9.80 Å². The molecule has 5 heterocycles. The Morgan fingerprint density at radius 2 is 1.74 bits per heavy atom. The maximum absolute atomic E-state index is 9.35. The molecule has 0 bridgehead atoms. The first-order valence-corrected chi connectivity index (χ1v) is 9.16. The van der Waals surface area contributed by atoms with Crippen LogP contribution in [0.2, 0.25) is 0 Å². The predicted molar refractivity (Wildman–Crippen MR) is 102 cm³/mol. The zero-order valence-electron chi connectivity index (χ0n) is 15.1. The van der Waals surface area contributed by atoms with Gasteiger partial charge in [-0.25, -0.2) is 15.0 Å². The van der Waals surface area contributed by atoms with Crippen molar-refractivity contribution >= 4 is 22.5 Å². The fraction of sp³-hybridized carbons (Fsp3) is 0.350. The molecule has 0 aromatic carbocycles.